The Bertz CT molecular complexity index is 1010. The number of phenols is 1. The average Bonchev–Trinajstić information content (AvgIpc) is 2.59. The van der Waals surface area contributed by atoms with Gasteiger partial charge in [-0.1, -0.05) is 27.5 Å². The molecule has 0 aliphatic carbocycles. The minimum Gasteiger partial charge on any atom is -0.505 e. The molecule has 0 atom stereocenters. The summed E-state index contributed by atoms with van der Waals surface area (Å²) in [5, 5.41) is 11.9. The number of nitrogens with zero attached hydrogens (tertiary/aromatic N) is 1. The second-order valence-corrected chi connectivity index (χ2v) is 7.84. The zero-order chi connectivity index (χ0) is 19.9. The van der Waals surface area contributed by atoms with Crippen LogP contribution in [-0.4, -0.2) is 23.0 Å². The Hall–Kier alpha value is -2.16. The van der Waals surface area contributed by atoms with Crippen LogP contribution in [0.4, 0.5) is 10.5 Å². The molecule has 0 saturated carbocycles. The summed E-state index contributed by atoms with van der Waals surface area (Å²) in [5.74, 6) is -1.72. The number of imide groups is 2. The topological polar surface area (TPSA) is 86.7 Å². The highest BCUT2D eigenvalue weighted by Gasteiger charge is 2.37. The van der Waals surface area contributed by atoms with Crippen molar-refractivity contribution in [2.24, 2.45) is 0 Å². The number of amides is 4. The fourth-order valence-electron chi connectivity index (χ4n) is 2.50. The predicted octanol–water partition coefficient (Wildman–Crippen LogP) is 4.55. The second kappa shape index (κ2) is 7.46. The minimum absolute atomic E-state index is 0.0522. The fraction of sp³-hybridized carbons (Fsp3) is 0.0556. The Labute approximate surface area is 176 Å². The molecule has 2 aromatic carbocycles. The summed E-state index contributed by atoms with van der Waals surface area (Å²) in [7, 11) is 0. The SMILES string of the molecule is Cc1cc(N2C(=O)NC(=O)/C(=C\c3cc(Cl)c(O)c(Br)c3)C2=O)ccc1Br. The molecule has 1 heterocycles. The van der Waals surface area contributed by atoms with Crippen LogP contribution in [0.25, 0.3) is 6.08 Å². The Morgan fingerprint density at radius 1 is 1.11 bits per heavy atom. The fourth-order valence-corrected chi connectivity index (χ4v) is 3.56. The number of nitrogens with one attached hydrogen (secondary N) is 1. The Morgan fingerprint density at radius 3 is 2.44 bits per heavy atom. The lowest BCUT2D eigenvalue weighted by Crippen LogP contribution is -2.54. The Kier molecular flexibility index (Phi) is 5.41. The molecule has 0 radical (unpaired) electrons. The van der Waals surface area contributed by atoms with E-state index < -0.39 is 17.8 Å². The summed E-state index contributed by atoms with van der Waals surface area (Å²) in [6.45, 7) is 1.82. The smallest absolute Gasteiger partial charge is 0.335 e. The van der Waals surface area contributed by atoms with Crippen LogP contribution < -0.4 is 10.2 Å². The number of anilines is 1. The van der Waals surface area contributed by atoms with Crippen molar-refractivity contribution < 1.29 is 19.5 Å². The van der Waals surface area contributed by atoms with E-state index in [2.05, 4.69) is 37.2 Å². The monoisotopic (exact) mass is 512 g/mol. The molecule has 1 aliphatic rings. The van der Waals surface area contributed by atoms with Crippen LogP contribution in [0.15, 0.2) is 44.9 Å². The third-order valence-corrected chi connectivity index (χ3v) is 5.63. The molecule has 2 aromatic rings. The summed E-state index contributed by atoms with van der Waals surface area (Å²) in [5.41, 5.74) is 1.33. The zero-order valence-electron chi connectivity index (χ0n) is 13.7. The van der Waals surface area contributed by atoms with Gasteiger partial charge in [0.1, 0.15) is 11.3 Å². The maximum absolute atomic E-state index is 12.9. The van der Waals surface area contributed by atoms with Crippen LogP contribution in [0, 0.1) is 6.92 Å². The molecule has 0 spiro atoms. The third kappa shape index (κ3) is 3.78. The standard InChI is InChI=1S/C18H11Br2ClN2O4/c1-8-4-10(2-3-12(8)19)23-17(26)11(16(25)22-18(23)27)5-9-6-13(20)15(24)14(21)7-9/h2-7,24H,1H3,(H,22,25,27)/b11-5+. The summed E-state index contributed by atoms with van der Waals surface area (Å²) < 4.78 is 1.13. The number of rotatable bonds is 2. The van der Waals surface area contributed by atoms with Gasteiger partial charge < -0.3 is 5.11 Å². The zero-order valence-corrected chi connectivity index (χ0v) is 17.6. The van der Waals surface area contributed by atoms with Crippen molar-refractivity contribution in [1.29, 1.82) is 0 Å². The number of aryl methyl sites for hydroxylation is 1. The molecule has 1 aliphatic heterocycles. The van der Waals surface area contributed by atoms with Crippen molar-refractivity contribution in [3.8, 4) is 5.75 Å². The maximum atomic E-state index is 12.9. The number of hydrogen-bond acceptors (Lipinski definition) is 4. The number of aromatic hydroxyl groups is 1. The second-order valence-electron chi connectivity index (χ2n) is 5.72. The van der Waals surface area contributed by atoms with Gasteiger partial charge in [-0.3, -0.25) is 14.9 Å². The molecular weight excluding hydrogens is 503 g/mol. The first-order chi connectivity index (χ1) is 12.7. The molecule has 3 rings (SSSR count). The van der Waals surface area contributed by atoms with Gasteiger partial charge in [-0.25, -0.2) is 9.69 Å². The summed E-state index contributed by atoms with van der Waals surface area (Å²) in [6.07, 6.45) is 1.30. The highest BCUT2D eigenvalue weighted by atomic mass is 79.9. The predicted molar refractivity (Wildman–Crippen MR) is 109 cm³/mol. The highest BCUT2D eigenvalue weighted by molar-refractivity contribution is 9.10. The van der Waals surface area contributed by atoms with Gasteiger partial charge >= 0.3 is 6.03 Å². The van der Waals surface area contributed by atoms with E-state index in [0.717, 1.165) is 14.9 Å². The van der Waals surface area contributed by atoms with Gasteiger partial charge in [0.2, 0.25) is 0 Å². The van der Waals surface area contributed by atoms with E-state index in [0.29, 0.717) is 15.7 Å². The van der Waals surface area contributed by atoms with Crippen molar-refractivity contribution in [3.05, 3.63) is 61.0 Å². The van der Waals surface area contributed by atoms with E-state index in [4.69, 9.17) is 11.6 Å². The number of carbonyl (C=O) groups excluding carboxylic acids is 3. The summed E-state index contributed by atoms with van der Waals surface area (Å²) in [6, 6.07) is 7.04. The number of carbonyl (C=O) groups is 3. The van der Waals surface area contributed by atoms with Crippen LogP contribution in [0.2, 0.25) is 5.02 Å². The van der Waals surface area contributed by atoms with Gasteiger partial charge in [0.25, 0.3) is 11.8 Å². The van der Waals surface area contributed by atoms with Crippen molar-refractivity contribution in [2.45, 2.75) is 6.92 Å². The molecule has 27 heavy (non-hydrogen) atoms. The van der Waals surface area contributed by atoms with E-state index >= 15 is 0 Å². The van der Waals surface area contributed by atoms with E-state index in [-0.39, 0.29) is 16.3 Å². The molecular formula is C18H11Br2ClN2O4. The molecule has 1 saturated heterocycles. The molecule has 0 aromatic heterocycles. The van der Waals surface area contributed by atoms with E-state index in [1.807, 2.05) is 6.92 Å². The van der Waals surface area contributed by atoms with Crippen LogP contribution in [0.5, 0.6) is 5.75 Å². The van der Waals surface area contributed by atoms with E-state index in [1.54, 1.807) is 18.2 Å². The lowest BCUT2D eigenvalue weighted by atomic mass is 10.1. The first-order valence-electron chi connectivity index (χ1n) is 7.54. The van der Waals surface area contributed by atoms with Crippen molar-refractivity contribution >= 4 is 73.1 Å². The van der Waals surface area contributed by atoms with Crippen molar-refractivity contribution in [2.75, 3.05) is 4.90 Å². The third-order valence-electron chi connectivity index (χ3n) is 3.85. The van der Waals surface area contributed by atoms with Gasteiger partial charge in [0.15, 0.2) is 0 Å². The van der Waals surface area contributed by atoms with Crippen molar-refractivity contribution in [1.82, 2.24) is 5.32 Å². The Morgan fingerprint density at radius 2 is 1.81 bits per heavy atom. The molecule has 138 valence electrons. The molecule has 0 bridgehead atoms. The van der Waals surface area contributed by atoms with Crippen molar-refractivity contribution in [3.63, 3.8) is 0 Å². The van der Waals surface area contributed by atoms with E-state index in [9.17, 15) is 19.5 Å². The van der Waals surface area contributed by atoms with Gasteiger partial charge in [-0.2, -0.15) is 0 Å². The number of hydrogen-bond donors (Lipinski definition) is 2. The van der Waals surface area contributed by atoms with Crippen LogP contribution in [0.3, 0.4) is 0 Å². The largest absolute Gasteiger partial charge is 0.505 e. The lowest BCUT2D eigenvalue weighted by Gasteiger charge is -2.26. The van der Waals surface area contributed by atoms with Crippen LogP contribution >= 0.6 is 43.5 Å². The molecule has 0 unspecified atom stereocenters. The van der Waals surface area contributed by atoms with Crippen LogP contribution in [-0.2, 0) is 9.59 Å². The maximum Gasteiger partial charge on any atom is 0.335 e. The van der Waals surface area contributed by atoms with Gasteiger partial charge in [-0.15, -0.1) is 0 Å². The van der Waals surface area contributed by atoms with Crippen LogP contribution in [0.1, 0.15) is 11.1 Å². The van der Waals surface area contributed by atoms with Gasteiger partial charge in [-0.05, 0) is 70.4 Å². The molecule has 1 fully saturated rings. The highest BCUT2D eigenvalue weighted by Crippen LogP contribution is 2.34. The van der Waals surface area contributed by atoms with Gasteiger partial charge in [0.05, 0.1) is 15.2 Å². The number of urea groups is 1. The Balaban J connectivity index is 2.06. The quantitative estimate of drug-likeness (QED) is 0.455. The normalized spacial score (nSPS) is 16.1. The minimum atomic E-state index is -0.825. The number of phenolic OH excluding ortho intramolecular Hbond substituents is 1. The first kappa shape index (κ1) is 19.6. The average molecular weight is 515 g/mol. The summed E-state index contributed by atoms with van der Waals surface area (Å²) in [4.78, 5) is 38.2. The molecule has 6 nitrogen and oxygen atoms in total. The molecule has 9 heteroatoms. The lowest BCUT2D eigenvalue weighted by molar-refractivity contribution is -0.122. The van der Waals surface area contributed by atoms with Gasteiger partial charge in [0, 0.05) is 4.47 Å². The number of barbiturate groups is 1. The first-order valence-corrected chi connectivity index (χ1v) is 9.51. The number of halogens is 3. The number of benzene rings is 2. The summed E-state index contributed by atoms with van der Waals surface area (Å²) >= 11 is 12.4. The molecule has 4 amide bonds. The molecule has 2 N–H and O–H groups in total. The van der Waals surface area contributed by atoms with E-state index in [1.165, 1.54) is 18.2 Å².